The number of hydrogen-bond donors (Lipinski definition) is 1. The van der Waals surface area contributed by atoms with Crippen molar-refractivity contribution < 1.29 is 4.79 Å². The van der Waals surface area contributed by atoms with Crippen LogP contribution >= 0.6 is 0 Å². The first-order chi connectivity index (χ1) is 8.83. The predicted molar refractivity (Wildman–Crippen MR) is 76.6 cm³/mol. The number of ketones is 1. The van der Waals surface area contributed by atoms with Gasteiger partial charge in [0.15, 0.2) is 11.4 Å². The lowest BCUT2D eigenvalue weighted by atomic mass is 10.0. The van der Waals surface area contributed by atoms with Crippen molar-refractivity contribution >= 4 is 22.5 Å². The van der Waals surface area contributed by atoms with Crippen molar-refractivity contribution in [1.29, 1.82) is 0 Å². The van der Waals surface area contributed by atoms with E-state index < -0.39 is 0 Å². The summed E-state index contributed by atoms with van der Waals surface area (Å²) in [6, 6.07) is 0. The molecule has 0 atom stereocenters. The number of nitrogens with zero attached hydrogens (tertiary/aromatic N) is 3. The summed E-state index contributed by atoms with van der Waals surface area (Å²) in [5.41, 5.74) is 2.11. The minimum Gasteiger partial charge on any atom is -0.379 e. The van der Waals surface area contributed by atoms with Crippen molar-refractivity contribution in [1.82, 2.24) is 14.8 Å². The molecule has 0 aliphatic carbocycles. The Morgan fingerprint density at radius 2 is 2.05 bits per heavy atom. The van der Waals surface area contributed by atoms with Gasteiger partial charge in [0, 0.05) is 18.3 Å². The maximum atomic E-state index is 11.8. The maximum Gasteiger partial charge on any atom is 0.163 e. The summed E-state index contributed by atoms with van der Waals surface area (Å²) in [4.78, 5) is 16.1. The number of hydrogen-bond acceptors (Lipinski definition) is 4. The van der Waals surface area contributed by atoms with Gasteiger partial charge in [-0.05, 0) is 34.6 Å². The number of aromatic nitrogens is 3. The van der Waals surface area contributed by atoms with E-state index in [4.69, 9.17) is 0 Å². The molecule has 0 bridgehead atoms. The number of pyridine rings is 1. The second-order valence-electron chi connectivity index (χ2n) is 5.68. The van der Waals surface area contributed by atoms with E-state index >= 15 is 0 Å². The summed E-state index contributed by atoms with van der Waals surface area (Å²) in [6.45, 7) is 10.5. The Labute approximate surface area is 113 Å². The molecule has 102 valence electrons. The number of fused-ring (bicyclic) bond motifs is 1. The molecule has 2 heterocycles. The van der Waals surface area contributed by atoms with Crippen molar-refractivity contribution in [3.05, 3.63) is 18.0 Å². The fourth-order valence-electron chi connectivity index (χ4n) is 2.03. The van der Waals surface area contributed by atoms with Gasteiger partial charge in [-0.15, -0.1) is 0 Å². The molecule has 1 N–H and O–H groups in total. The van der Waals surface area contributed by atoms with Gasteiger partial charge in [0.05, 0.1) is 22.8 Å². The monoisotopic (exact) mass is 260 g/mol. The van der Waals surface area contributed by atoms with Crippen LogP contribution in [0.3, 0.4) is 0 Å². The number of carbonyl (C=O) groups excluding carboxylic acids is 1. The van der Waals surface area contributed by atoms with Gasteiger partial charge in [-0.25, -0.2) is 9.67 Å². The van der Waals surface area contributed by atoms with Crippen LogP contribution in [0.4, 0.5) is 5.69 Å². The van der Waals surface area contributed by atoms with Gasteiger partial charge in [0.25, 0.3) is 0 Å². The molecule has 0 radical (unpaired) electrons. The van der Waals surface area contributed by atoms with Gasteiger partial charge < -0.3 is 5.32 Å². The molecule has 2 aromatic heterocycles. The molecule has 2 rings (SSSR count). The zero-order valence-electron chi connectivity index (χ0n) is 12.1. The van der Waals surface area contributed by atoms with E-state index in [0.717, 1.165) is 23.3 Å². The number of nitrogens with one attached hydrogen (secondary N) is 1. The predicted octanol–water partition coefficient (Wildman–Crippen LogP) is 2.86. The molecule has 0 aliphatic rings. The minimum absolute atomic E-state index is 0.00500. The Morgan fingerprint density at radius 3 is 2.58 bits per heavy atom. The molecule has 0 spiro atoms. The van der Waals surface area contributed by atoms with E-state index in [2.05, 4.69) is 36.2 Å². The van der Waals surface area contributed by atoms with Crippen LogP contribution in [0.5, 0.6) is 0 Å². The molecule has 0 aromatic carbocycles. The molecule has 0 aliphatic heterocycles. The van der Waals surface area contributed by atoms with E-state index in [0.29, 0.717) is 5.56 Å². The quantitative estimate of drug-likeness (QED) is 0.862. The maximum absolute atomic E-state index is 11.8. The molecule has 0 fully saturated rings. The molecular formula is C14H20N4O. The van der Waals surface area contributed by atoms with Crippen LogP contribution < -0.4 is 5.32 Å². The Kier molecular flexibility index (Phi) is 3.30. The smallest absolute Gasteiger partial charge is 0.163 e. The van der Waals surface area contributed by atoms with Crippen LogP contribution in [0.2, 0.25) is 0 Å². The first kappa shape index (κ1) is 13.5. The summed E-state index contributed by atoms with van der Waals surface area (Å²) in [5, 5.41) is 8.60. The standard InChI is InChI=1S/C14H20N4O/c1-6-18-13-11(8-16-18)12(17-14(3,4)5)10(7-15-13)9(2)19/h7-8H,6H2,1-5H3,(H,15,17). The van der Waals surface area contributed by atoms with Crippen LogP contribution in [0.1, 0.15) is 45.0 Å². The fraction of sp³-hybridized carbons (Fsp3) is 0.500. The third kappa shape index (κ3) is 2.59. The summed E-state index contributed by atoms with van der Waals surface area (Å²) in [5.74, 6) is 0.00500. The Balaban J connectivity index is 2.69. The van der Waals surface area contributed by atoms with E-state index in [1.54, 1.807) is 19.3 Å². The van der Waals surface area contributed by atoms with Crippen molar-refractivity contribution in [3.63, 3.8) is 0 Å². The van der Waals surface area contributed by atoms with E-state index in [1.165, 1.54) is 0 Å². The molecule has 0 saturated heterocycles. The largest absolute Gasteiger partial charge is 0.379 e. The second kappa shape index (κ2) is 4.64. The van der Waals surface area contributed by atoms with Gasteiger partial charge in [0.1, 0.15) is 0 Å². The van der Waals surface area contributed by atoms with Crippen LogP contribution in [-0.2, 0) is 6.54 Å². The SMILES string of the molecule is CCn1ncc2c(NC(C)(C)C)c(C(C)=O)cnc21. The number of Topliss-reactive ketones (excluding diaryl/α,β-unsaturated/α-hetero) is 1. The van der Waals surface area contributed by atoms with Gasteiger partial charge in [-0.3, -0.25) is 4.79 Å². The highest BCUT2D eigenvalue weighted by atomic mass is 16.1. The van der Waals surface area contributed by atoms with E-state index in [1.807, 2.05) is 11.6 Å². The number of carbonyl (C=O) groups is 1. The van der Waals surface area contributed by atoms with Crippen molar-refractivity contribution in [2.45, 2.75) is 46.7 Å². The summed E-state index contributed by atoms with van der Waals surface area (Å²) in [7, 11) is 0. The highest BCUT2D eigenvalue weighted by Gasteiger charge is 2.19. The molecular weight excluding hydrogens is 240 g/mol. The Hall–Kier alpha value is -1.91. The van der Waals surface area contributed by atoms with Gasteiger partial charge in [-0.2, -0.15) is 5.10 Å². The van der Waals surface area contributed by atoms with Gasteiger partial charge in [-0.1, -0.05) is 0 Å². The summed E-state index contributed by atoms with van der Waals surface area (Å²) in [6.07, 6.45) is 3.40. The lowest BCUT2D eigenvalue weighted by molar-refractivity contribution is 0.101. The Morgan fingerprint density at radius 1 is 1.37 bits per heavy atom. The number of rotatable bonds is 3. The minimum atomic E-state index is -0.132. The average Bonchev–Trinajstić information content (AvgIpc) is 2.70. The molecule has 2 aromatic rings. The van der Waals surface area contributed by atoms with Crippen molar-refractivity contribution in [2.75, 3.05) is 5.32 Å². The molecule has 0 amide bonds. The average molecular weight is 260 g/mol. The van der Waals surface area contributed by atoms with E-state index in [9.17, 15) is 4.79 Å². The molecule has 0 unspecified atom stereocenters. The molecule has 5 nitrogen and oxygen atoms in total. The first-order valence-corrected chi connectivity index (χ1v) is 6.47. The number of aryl methyl sites for hydroxylation is 1. The third-order valence-corrected chi connectivity index (χ3v) is 2.85. The Bertz CT molecular complexity index is 622. The van der Waals surface area contributed by atoms with Crippen molar-refractivity contribution in [2.24, 2.45) is 0 Å². The van der Waals surface area contributed by atoms with Gasteiger partial charge >= 0.3 is 0 Å². The third-order valence-electron chi connectivity index (χ3n) is 2.85. The van der Waals surface area contributed by atoms with Crippen LogP contribution in [0, 0.1) is 0 Å². The van der Waals surface area contributed by atoms with Crippen LogP contribution in [-0.4, -0.2) is 26.1 Å². The molecule has 0 saturated carbocycles. The second-order valence-corrected chi connectivity index (χ2v) is 5.68. The fourth-order valence-corrected chi connectivity index (χ4v) is 2.03. The van der Waals surface area contributed by atoms with Crippen LogP contribution in [0.15, 0.2) is 12.4 Å². The topological polar surface area (TPSA) is 59.8 Å². The lowest BCUT2D eigenvalue weighted by Gasteiger charge is -2.24. The summed E-state index contributed by atoms with van der Waals surface area (Å²) < 4.78 is 1.83. The zero-order chi connectivity index (χ0) is 14.2. The highest BCUT2D eigenvalue weighted by molar-refractivity contribution is 6.06. The van der Waals surface area contributed by atoms with Crippen LogP contribution in [0.25, 0.3) is 11.0 Å². The molecule has 19 heavy (non-hydrogen) atoms. The number of anilines is 1. The normalized spacial score (nSPS) is 11.8. The van der Waals surface area contributed by atoms with Crippen molar-refractivity contribution in [3.8, 4) is 0 Å². The van der Waals surface area contributed by atoms with E-state index in [-0.39, 0.29) is 11.3 Å². The molecule has 5 heteroatoms. The highest BCUT2D eigenvalue weighted by Crippen LogP contribution is 2.28. The summed E-state index contributed by atoms with van der Waals surface area (Å²) >= 11 is 0. The first-order valence-electron chi connectivity index (χ1n) is 6.47. The van der Waals surface area contributed by atoms with Gasteiger partial charge in [0.2, 0.25) is 0 Å². The zero-order valence-corrected chi connectivity index (χ0v) is 12.1. The lowest BCUT2D eigenvalue weighted by Crippen LogP contribution is -2.27.